The van der Waals surface area contributed by atoms with Gasteiger partial charge in [-0.25, -0.2) is 0 Å². The maximum absolute atomic E-state index is 11.7. The van der Waals surface area contributed by atoms with E-state index in [1.165, 1.54) is 0 Å². The summed E-state index contributed by atoms with van der Waals surface area (Å²) >= 11 is 11.6. The second-order valence-electron chi connectivity index (χ2n) is 3.55. The predicted octanol–water partition coefficient (Wildman–Crippen LogP) is 1.90. The fourth-order valence-electron chi connectivity index (χ4n) is 1.25. The smallest absolute Gasteiger partial charge is 0.241 e. The van der Waals surface area contributed by atoms with Crippen LogP contribution in [-0.2, 0) is 4.79 Å². The van der Waals surface area contributed by atoms with E-state index in [2.05, 4.69) is 10.6 Å². The number of carbonyl (C=O) groups is 1. The Morgan fingerprint density at radius 1 is 1.35 bits per heavy atom. The Morgan fingerprint density at radius 3 is 2.47 bits per heavy atom. The molecule has 0 aliphatic carbocycles. The highest BCUT2D eigenvalue weighted by Gasteiger charge is 2.12. The van der Waals surface area contributed by atoms with Gasteiger partial charge in [0, 0.05) is 22.3 Å². The first-order valence-electron chi connectivity index (χ1n) is 5.14. The van der Waals surface area contributed by atoms with E-state index in [1.54, 1.807) is 25.1 Å². The van der Waals surface area contributed by atoms with Gasteiger partial charge in [-0.2, -0.15) is 0 Å². The van der Waals surface area contributed by atoms with Crippen LogP contribution in [0.2, 0.25) is 10.0 Å². The van der Waals surface area contributed by atoms with E-state index in [0.717, 1.165) is 0 Å². The molecule has 0 saturated heterocycles. The van der Waals surface area contributed by atoms with E-state index in [4.69, 9.17) is 28.3 Å². The van der Waals surface area contributed by atoms with Gasteiger partial charge in [0.25, 0.3) is 0 Å². The molecule has 4 nitrogen and oxygen atoms in total. The van der Waals surface area contributed by atoms with Crippen LogP contribution in [0.15, 0.2) is 18.2 Å². The Kier molecular flexibility index (Phi) is 5.71. The van der Waals surface area contributed by atoms with Crippen molar-refractivity contribution in [1.29, 1.82) is 0 Å². The molecule has 1 aromatic carbocycles. The van der Waals surface area contributed by atoms with Gasteiger partial charge < -0.3 is 15.7 Å². The number of anilines is 1. The van der Waals surface area contributed by atoms with Gasteiger partial charge in [-0.15, -0.1) is 0 Å². The zero-order valence-corrected chi connectivity index (χ0v) is 10.8. The van der Waals surface area contributed by atoms with E-state index in [-0.39, 0.29) is 12.5 Å². The molecule has 0 spiro atoms. The number of benzene rings is 1. The Bertz CT molecular complexity index is 379. The quantitative estimate of drug-likeness (QED) is 0.770. The van der Waals surface area contributed by atoms with E-state index >= 15 is 0 Å². The highest BCUT2D eigenvalue weighted by atomic mass is 35.5. The van der Waals surface area contributed by atoms with E-state index in [0.29, 0.717) is 22.3 Å². The van der Waals surface area contributed by atoms with Gasteiger partial charge in [-0.05, 0) is 25.1 Å². The van der Waals surface area contributed by atoms with Crippen LogP contribution in [0.1, 0.15) is 6.92 Å². The molecule has 1 atom stereocenters. The molecule has 6 heteroatoms. The summed E-state index contributed by atoms with van der Waals surface area (Å²) in [4.78, 5) is 11.7. The van der Waals surface area contributed by atoms with Crippen LogP contribution in [0.5, 0.6) is 0 Å². The molecule has 0 aromatic heterocycles. The zero-order valence-electron chi connectivity index (χ0n) is 9.34. The maximum atomic E-state index is 11.7. The Balaban J connectivity index is 2.61. The van der Waals surface area contributed by atoms with Crippen LogP contribution in [0.3, 0.4) is 0 Å². The van der Waals surface area contributed by atoms with Gasteiger partial charge in [0.1, 0.15) is 0 Å². The number of hydrogen-bond donors (Lipinski definition) is 3. The van der Waals surface area contributed by atoms with E-state index in [9.17, 15) is 4.79 Å². The van der Waals surface area contributed by atoms with Crippen LogP contribution in [0, 0.1) is 0 Å². The summed E-state index contributed by atoms with van der Waals surface area (Å²) in [6, 6.07) is 4.42. The van der Waals surface area contributed by atoms with Crippen molar-refractivity contribution in [2.75, 3.05) is 18.5 Å². The van der Waals surface area contributed by atoms with Crippen molar-refractivity contribution < 1.29 is 9.90 Å². The average molecular weight is 277 g/mol. The van der Waals surface area contributed by atoms with Crippen LogP contribution >= 0.6 is 23.2 Å². The van der Waals surface area contributed by atoms with Crippen LogP contribution in [-0.4, -0.2) is 30.2 Å². The fraction of sp³-hybridized carbons (Fsp3) is 0.364. The third-order valence-electron chi connectivity index (χ3n) is 2.09. The SMILES string of the molecule is CC(NCCO)C(=O)Nc1cc(Cl)cc(Cl)c1. The van der Waals surface area contributed by atoms with Crippen molar-refractivity contribution in [1.82, 2.24) is 5.32 Å². The number of rotatable bonds is 5. The number of nitrogens with one attached hydrogen (secondary N) is 2. The molecule has 0 fully saturated rings. The van der Waals surface area contributed by atoms with E-state index < -0.39 is 6.04 Å². The molecule has 17 heavy (non-hydrogen) atoms. The first-order chi connectivity index (χ1) is 8.02. The topological polar surface area (TPSA) is 61.4 Å². The number of aliphatic hydroxyl groups excluding tert-OH is 1. The fourth-order valence-corrected chi connectivity index (χ4v) is 1.78. The Hall–Kier alpha value is -0.810. The molecular formula is C11H14Cl2N2O2. The molecular weight excluding hydrogens is 263 g/mol. The number of aliphatic hydroxyl groups is 1. The van der Waals surface area contributed by atoms with Crippen molar-refractivity contribution in [3.63, 3.8) is 0 Å². The molecule has 1 amide bonds. The van der Waals surface area contributed by atoms with Gasteiger partial charge in [0.15, 0.2) is 0 Å². The van der Waals surface area contributed by atoms with Crippen molar-refractivity contribution in [3.05, 3.63) is 28.2 Å². The molecule has 0 heterocycles. The summed E-state index contributed by atoms with van der Waals surface area (Å²) in [5, 5.41) is 15.1. The zero-order chi connectivity index (χ0) is 12.8. The lowest BCUT2D eigenvalue weighted by molar-refractivity contribution is -0.117. The van der Waals surface area contributed by atoms with Crippen LogP contribution in [0.4, 0.5) is 5.69 Å². The lowest BCUT2D eigenvalue weighted by Gasteiger charge is -2.13. The third kappa shape index (κ3) is 4.91. The van der Waals surface area contributed by atoms with Crippen molar-refractivity contribution in [2.45, 2.75) is 13.0 Å². The lowest BCUT2D eigenvalue weighted by atomic mass is 10.2. The lowest BCUT2D eigenvalue weighted by Crippen LogP contribution is -2.39. The molecule has 1 rings (SSSR count). The van der Waals surface area contributed by atoms with Crippen molar-refractivity contribution in [2.24, 2.45) is 0 Å². The van der Waals surface area contributed by atoms with Gasteiger partial charge in [0.05, 0.1) is 12.6 Å². The van der Waals surface area contributed by atoms with Gasteiger partial charge in [-0.1, -0.05) is 23.2 Å². The molecule has 0 radical (unpaired) electrons. The average Bonchev–Trinajstić information content (AvgIpc) is 2.24. The first kappa shape index (κ1) is 14.3. The second-order valence-corrected chi connectivity index (χ2v) is 4.42. The van der Waals surface area contributed by atoms with Crippen molar-refractivity contribution >= 4 is 34.8 Å². The minimum atomic E-state index is -0.403. The summed E-state index contributed by atoms with van der Waals surface area (Å²) < 4.78 is 0. The summed E-state index contributed by atoms with van der Waals surface area (Å²) in [6.45, 7) is 2.06. The van der Waals surface area contributed by atoms with E-state index in [1.807, 2.05) is 0 Å². The molecule has 1 unspecified atom stereocenters. The summed E-state index contributed by atoms with van der Waals surface area (Å²) in [7, 11) is 0. The maximum Gasteiger partial charge on any atom is 0.241 e. The predicted molar refractivity (Wildman–Crippen MR) is 69.6 cm³/mol. The Morgan fingerprint density at radius 2 is 1.94 bits per heavy atom. The van der Waals surface area contributed by atoms with Gasteiger partial charge in [-0.3, -0.25) is 4.79 Å². The van der Waals surface area contributed by atoms with Crippen LogP contribution in [0.25, 0.3) is 0 Å². The minimum absolute atomic E-state index is 0.0133. The minimum Gasteiger partial charge on any atom is -0.395 e. The molecule has 0 aliphatic rings. The number of amides is 1. The largest absolute Gasteiger partial charge is 0.395 e. The third-order valence-corrected chi connectivity index (χ3v) is 2.52. The van der Waals surface area contributed by atoms with Crippen LogP contribution < -0.4 is 10.6 Å². The van der Waals surface area contributed by atoms with Gasteiger partial charge in [0.2, 0.25) is 5.91 Å². The van der Waals surface area contributed by atoms with Gasteiger partial charge >= 0.3 is 0 Å². The summed E-state index contributed by atoms with van der Waals surface area (Å²) in [5.74, 6) is -0.211. The monoisotopic (exact) mass is 276 g/mol. The first-order valence-corrected chi connectivity index (χ1v) is 5.89. The highest BCUT2D eigenvalue weighted by Crippen LogP contribution is 2.22. The van der Waals surface area contributed by atoms with Crippen molar-refractivity contribution in [3.8, 4) is 0 Å². The summed E-state index contributed by atoms with van der Waals surface area (Å²) in [5.41, 5.74) is 0.546. The molecule has 0 bridgehead atoms. The standard InChI is InChI=1S/C11H14Cl2N2O2/c1-7(14-2-3-16)11(17)15-10-5-8(12)4-9(13)6-10/h4-7,14,16H,2-3H2,1H3,(H,15,17). The second kappa shape index (κ2) is 6.81. The molecule has 0 aliphatic heterocycles. The normalized spacial score (nSPS) is 12.2. The molecule has 94 valence electrons. The Labute approximate surface area is 110 Å². The number of halogens is 2. The highest BCUT2D eigenvalue weighted by molar-refractivity contribution is 6.35. The molecule has 3 N–H and O–H groups in total. The molecule has 1 aromatic rings. The summed E-state index contributed by atoms with van der Waals surface area (Å²) in [6.07, 6.45) is 0. The number of hydrogen-bond acceptors (Lipinski definition) is 3. The number of carbonyl (C=O) groups excluding carboxylic acids is 1. The molecule has 0 saturated carbocycles.